The van der Waals surface area contributed by atoms with E-state index in [0.717, 1.165) is 30.2 Å². The Morgan fingerprint density at radius 3 is 2.62 bits per heavy atom. The molecule has 0 amide bonds. The van der Waals surface area contributed by atoms with Gasteiger partial charge in [0.05, 0.1) is 0 Å². The fraction of sp³-hybridized carbons (Fsp3) is 0.667. The minimum atomic E-state index is -0.0272. The zero-order valence-electron chi connectivity index (χ0n) is 10.7. The van der Waals surface area contributed by atoms with Crippen LogP contribution in [-0.4, -0.2) is 22.1 Å². The molecule has 0 saturated carbocycles. The monoisotopic (exact) mass is 222 g/mol. The van der Waals surface area contributed by atoms with Gasteiger partial charge in [0, 0.05) is 17.3 Å². The van der Waals surface area contributed by atoms with E-state index in [1.165, 1.54) is 0 Å². The number of nitrogens with two attached hydrogens (primary N) is 1. The van der Waals surface area contributed by atoms with E-state index in [0.29, 0.717) is 6.54 Å². The molecule has 1 aromatic heterocycles. The minimum absolute atomic E-state index is 0.0272. The molecule has 0 spiro atoms. The quantitative estimate of drug-likeness (QED) is 0.798. The molecule has 0 fully saturated rings. The molecule has 4 nitrogen and oxygen atoms in total. The van der Waals surface area contributed by atoms with Gasteiger partial charge >= 0.3 is 0 Å². The standard InChI is InChI=1S/C12H22N4/c1-5-10-8-11(15-9(2)14-10)16-12(3,4)6-7-13/h8H,5-7,13H2,1-4H3,(H,14,15,16). The number of anilines is 1. The van der Waals surface area contributed by atoms with Crippen LogP contribution in [-0.2, 0) is 6.42 Å². The molecule has 0 unspecified atom stereocenters. The van der Waals surface area contributed by atoms with E-state index in [4.69, 9.17) is 5.73 Å². The summed E-state index contributed by atoms with van der Waals surface area (Å²) in [5, 5.41) is 3.40. The van der Waals surface area contributed by atoms with Crippen molar-refractivity contribution < 1.29 is 0 Å². The van der Waals surface area contributed by atoms with E-state index in [-0.39, 0.29) is 5.54 Å². The minimum Gasteiger partial charge on any atom is -0.365 e. The first kappa shape index (κ1) is 12.9. The van der Waals surface area contributed by atoms with Gasteiger partial charge in [-0.1, -0.05) is 6.92 Å². The zero-order chi connectivity index (χ0) is 12.2. The normalized spacial score (nSPS) is 11.6. The highest BCUT2D eigenvalue weighted by atomic mass is 15.1. The number of aromatic nitrogens is 2. The Hall–Kier alpha value is -1.16. The van der Waals surface area contributed by atoms with Gasteiger partial charge in [0.2, 0.25) is 0 Å². The molecular formula is C12H22N4. The molecule has 0 radical (unpaired) electrons. The highest BCUT2D eigenvalue weighted by Crippen LogP contribution is 2.16. The van der Waals surface area contributed by atoms with Gasteiger partial charge in [-0.3, -0.25) is 0 Å². The summed E-state index contributed by atoms with van der Waals surface area (Å²) in [7, 11) is 0. The molecule has 0 atom stereocenters. The fourth-order valence-electron chi connectivity index (χ4n) is 1.64. The van der Waals surface area contributed by atoms with Crippen LogP contribution in [0.25, 0.3) is 0 Å². The van der Waals surface area contributed by atoms with Gasteiger partial charge in [-0.15, -0.1) is 0 Å². The zero-order valence-corrected chi connectivity index (χ0v) is 10.7. The van der Waals surface area contributed by atoms with Crippen LogP contribution in [0.1, 0.15) is 38.7 Å². The third-order valence-corrected chi connectivity index (χ3v) is 2.49. The molecule has 4 heteroatoms. The molecule has 1 rings (SSSR count). The van der Waals surface area contributed by atoms with Crippen molar-refractivity contribution in [3.05, 3.63) is 17.6 Å². The van der Waals surface area contributed by atoms with Crippen LogP contribution in [0.15, 0.2) is 6.07 Å². The second-order valence-electron chi connectivity index (χ2n) is 4.69. The Labute approximate surface area is 97.7 Å². The number of hydrogen-bond acceptors (Lipinski definition) is 4. The maximum absolute atomic E-state index is 5.58. The van der Waals surface area contributed by atoms with Crippen LogP contribution < -0.4 is 11.1 Å². The van der Waals surface area contributed by atoms with Crippen molar-refractivity contribution in [1.82, 2.24) is 9.97 Å². The van der Waals surface area contributed by atoms with Crippen molar-refractivity contribution in [1.29, 1.82) is 0 Å². The van der Waals surface area contributed by atoms with Gasteiger partial charge in [-0.05, 0) is 40.2 Å². The highest BCUT2D eigenvalue weighted by Gasteiger charge is 2.17. The lowest BCUT2D eigenvalue weighted by atomic mass is 10.0. The van der Waals surface area contributed by atoms with Crippen molar-refractivity contribution in [3.8, 4) is 0 Å². The summed E-state index contributed by atoms with van der Waals surface area (Å²) in [6.07, 6.45) is 1.84. The topological polar surface area (TPSA) is 63.8 Å². The van der Waals surface area contributed by atoms with Crippen LogP contribution in [0.5, 0.6) is 0 Å². The van der Waals surface area contributed by atoms with Crippen LogP contribution in [0.4, 0.5) is 5.82 Å². The van der Waals surface area contributed by atoms with Crippen molar-refractivity contribution in [2.45, 2.75) is 46.1 Å². The predicted octanol–water partition coefficient (Wildman–Crippen LogP) is 1.89. The average Bonchev–Trinajstić information content (AvgIpc) is 2.15. The molecular weight excluding hydrogens is 200 g/mol. The number of rotatable bonds is 5. The first-order chi connectivity index (χ1) is 7.46. The van der Waals surface area contributed by atoms with E-state index in [9.17, 15) is 0 Å². The smallest absolute Gasteiger partial charge is 0.130 e. The Balaban J connectivity index is 2.84. The fourth-order valence-corrected chi connectivity index (χ4v) is 1.64. The first-order valence-electron chi connectivity index (χ1n) is 5.79. The summed E-state index contributed by atoms with van der Waals surface area (Å²) < 4.78 is 0. The van der Waals surface area contributed by atoms with Gasteiger partial charge in [0.15, 0.2) is 0 Å². The molecule has 1 aromatic rings. The number of aryl methyl sites for hydroxylation is 2. The maximum Gasteiger partial charge on any atom is 0.130 e. The van der Waals surface area contributed by atoms with Gasteiger partial charge in [0.1, 0.15) is 11.6 Å². The average molecular weight is 222 g/mol. The lowest BCUT2D eigenvalue weighted by Gasteiger charge is -2.26. The van der Waals surface area contributed by atoms with Crippen LogP contribution in [0.3, 0.4) is 0 Å². The van der Waals surface area contributed by atoms with Gasteiger partial charge in [0.25, 0.3) is 0 Å². The number of nitrogens with one attached hydrogen (secondary N) is 1. The Kier molecular flexibility index (Phi) is 4.24. The van der Waals surface area contributed by atoms with E-state index in [1.54, 1.807) is 0 Å². The SMILES string of the molecule is CCc1cc(NC(C)(C)CCN)nc(C)n1. The summed E-state index contributed by atoms with van der Waals surface area (Å²) in [5.41, 5.74) is 6.62. The number of hydrogen-bond donors (Lipinski definition) is 2. The summed E-state index contributed by atoms with van der Waals surface area (Å²) in [5.74, 6) is 1.70. The summed E-state index contributed by atoms with van der Waals surface area (Å²) in [6, 6.07) is 2.01. The largest absolute Gasteiger partial charge is 0.365 e. The first-order valence-corrected chi connectivity index (χ1v) is 5.79. The predicted molar refractivity (Wildman–Crippen MR) is 67.5 cm³/mol. The third-order valence-electron chi connectivity index (χ3n) is 2.49. The molecule has 3 N–H and O–H groups in total. The van der Waals surface area contributed by atoms with Crippen LogP contribution >= 0.6 is 0 Å². The van der Waals surface area contributed by atoms with E-state index in [2.05, 4.69) is 36.1 Å². The van der Waals surface area contributed by atoms with Crippen molar-refractivity contribution >= 4 is 5.82 Å². The molecule has 0 aliphatic rings. The van der Waals surface area contributed by atoms with Crippen molar-refractivity contribution in [2.24, 2.45) is 5.73 Å². The molecule has 90 valence electrons. The molecule has 0 saturated heterocycles. The van der Waals surface area contributed by atoms with E-state index < -0.39 is 0 Å². The second-order valence-corrected chi connectivity index (χ2v) is 4.69. The van der Waals surface area contributed by atoms with Crippen molar-refractivity contribution in [3.63, 3.8) is 0 Å². The van der Waals surface area contributed by atoms with Gasteiger partial charge in [-0.2, -0.15) is 0 Å². The van der Waals surface area contributed by atoms with Gasteiger partial charge < -0.3 is 11.1 Å². The summed E-state index contributed by atoms with van der Waals surface area (Å²) >= 11 is 0. The number of nitrogens with zero attached hydrogens (tertiary/aromatic N) is 2. The van der Waals surface area contributed by atoms with Crippen LogP contribution in [0.2, 0.25) is 0 Å². The van der Waals surface area contributed by atoms with Crippen molar-refractivity contribution in [2.75, 3.05) is 11.9 Å². The molecule has 0 aliphatic heterocycles. The Morgan fingerprint density at radius 1 is 1.38 bits per heavy atom. The van der Waals surface area contributed by atoms with E-state index in [1.807, 2.05) is 13.0 Å². The molecule has 0 aliphatic carbocycles. The second kappa shape index (κ2) is 5.25. The highest BCUT2D eigenvalue weighted by molar-refractivity contribution is 5.38. The third kappa shape index (κ3) is 3.77. The lowest BCUT2D eigenvalue weighted by molar-refractivity contribution is 0.524. The molecule has 0 bridgehead atoms. The Bertz CT molecular complexity index is 347. The van der Waals surface area contributed by atoms with E-state index >= 15 is 0 Å². The van der Waals surface area contributed by atoms with Crippen LogP contribution in [0, 0.1) is 6.92 Å². The molecule has 0 aromatic carbocycles. The molecule has 1 heterocycles. The van der Waals surface area contributed by atoms with Gasteiger partial charge in [-0.25, -0.2) is 9.97 Å². The Morgan fingerprint density at radius 2 is 2.06 bits per heavy atom. The summed E-state index contributed by atoms with van der Waals surface area (Å²) in [6.45, 7) is 8.94. The summed E-state index contributed by atoms with van der Waals surface area (Å²) in [4.78, 5) is 8.74. The maximum atomic E-state index is 5.58. The molecule has 16 heavy (non-hydrogen) atoms. The lowest BCUT2D eigenvalue weighted by Crippen LogP contribution is -2.34.